The number of amides is 1. The average Bonchev–Trinajstić information content (AvgIpc) is 3.59. The first kappa shape index (κ1) is 18.9. The molecule has 4 rings (SSSR count). The van der Waals surface area contributed by atoms with Crippen molar-refractivity contribution in [2.24, 2.45) is 11.8 Å². The molecule has 1 saturated heterocycles. The molecule has 1 aromatic heterocycles. The lowest BCUT2D eigenvalue weighted by Crippen LogP contribution is -2.43. The standard InChI is InChI=1S/C23H29N3O2/c1-28-21-10-3-2-7-18(21)15-26-14-6-8-19(16-26)22(20-9-4-5-13-24-20)25-23(27)17-11-12-17/h2-5,7,9-10,13,17,19,22H,6,8,11-12,14-16H2,1H3,(H,25,27)/t19-,22-/m1/s1. The van der Waals surface area contributed by atoms with Gasteiger partial charge in [-0.1, -0.05) is 24.3 Å². The normalized spacial score (nSPS) is 21.1. The first-order valence-electron chi connectivity index (χ1n) is 10.3. The van der Waals surface area contributed by atoms with E-state index in [1.165, 1.54) is 5.56 Å². The fourth-order valence-electron chi connectivity index (χ4n) is 4.19. The molecule has 1 aliphatic heterocycles. The lowest BCUT2D eigenvalue weighted by atomic mass is 9.88. The Morgan fingerprint density at radius 1 is 1.21 bits per heavy atom. The molecule has 2 fully saturated rings. The van der Waals surface area contributed by atoms with Crippen LogP contribution in [-0.4, -0.2) is 36.0 Å². The Labute approximate surface area is 167 Å². The average molecular weight is 380 g/mol. The van der Waals surface area contributed by atoms with E-state index in [-0.39, 0.29) is 17.9 Å². The molecular formula is C23H29N3O2. The summed E-state index contributed by atoms with van der Waals surface area (Å²) in [6, 6.07) is 14.2. The van der Waals surface area contributed by atoms with Crippen molar-refractivity contribution in [2.75, 3.05) is 20.2 Å². The van der Waals surface area contributed by atoms with E-state index in [9.17, 15) is 4.79 Å². The molecule has 2 heterocycles. The van der Waals surface area contributed by atoms with Crippen molar-refractivity contribution in [3.8, 4) is 5.75 Å². The number of para-hydroxylation sites is 1. The van der Waals surface area contributed by atoms with E-state index < -0.39 is 0 Å². The van der Waals surface area contributed by atoms with Gasteiger partial charge < -0.3 is 10.1 Å². The zero-order valence-corrected chi connectivity index (χ0v) is 16.5. The van der Waals surface area contributed by atoms with Crippen molar-refractivity contribution in [1.82, 2.24) is 15.2 Å². The van der Waals surface area contributed by atoms with Crippen LogP contribution in [0.25, 0.3) is 0 Å². The van der Waals surface area contributed by atoms with Crippen molar-refractivity contribution in [1.29, 1.82) is 0 Å². The molecule has 2 aromatic rings. The molecule has 0 spiro atoms. The largest absolute Gasteiger partial charge is 0.496 e. The molecule has 1 amide bonds. The maximum atomic E-state index is 12.5. The number of likely N-dealkylation sites (tertiary alicyclic amines) is 1. The predicted molar refractivity (Wildman–Crippen MR) is 109 cm³/mol. The summed E-state index contributed by atoms with van der Waals surface area (Å²) in [7, 11) is 1.72. The third kappa shape index (κ3) is 4.53. The number of aromatic nitrogens is 1. The Balaban J connectivity index is 1.49. The van der Waals surface area contributed by atoms with Gasteiger partial charge in [-0.25, -0.2) is 0 Å². The Morgan fingerprint density at radius 2 is 2.04 bits per heavy atom. The van der Waals surface area contributed by atoms with Crippen molar-refractivity contribution >= 4 is 5.91 Å². The van der Waals surface area contributed by atoms with Crippen LogP contribution in [0.4, 0.5) is 0 Å². The molecular weight excluding hydrogens is 350 g/mol. The highest BCUT2D eigenvalue weighted by molar-refractivity contribution is 5.81. The van der Waals surface area contributed by atoms with E-state index >= 15 is 0 Å². The van der Waals surface area contributed by atoms with Crippen LogP contribution < -0.4 is 10.1 Å². The van der Waals surface area contributed by atoms with Gasteiger partial charge in [-0.2, -0.15) is 0 Å². The van der Waals surface area contributed by atoms with E-state index in [1.54, 1.807) is 7.11 Å². The summed E-state index contributed by atoms with van der Waals surface area (Å²) in [6.07, 6.45) is 6.09. The van der Waals surface area contributed by atoms with Crippen LogP contribution in [0, 0.1) is 11.8 Å². The molecule has 2 atom stereocenters. The minimum Gasteiger partial charge on any atom is -0.496 e. The Morgan fingerprint density at radius 3 is 2.79 bits per heavy atom. The van der Waals surface area contributed by atoms with Crippen LogP contribution in [0.5, 0.6) is 5.75 Å². The van der Waals surface area contributed by atoms with Gasteiger partial charge in [0.15, 0.2) is 0 Å². The fourth-order valence-corrected chi connectivity index (χ4v) is 4.19. The van der Waals surface area contributed by atoms with Gasteiger partial charge in [-0.05, 0) is 56.3 Å². The molecule has 28 heavy (non-hydrogen) atoms. The predicted octanol–water partition coefficient (Wildman–Crippen LogP) is 3.57. The quantitative estimate of drug-likeness (QED) is 0.799. The number of carbonyl (C=O) groups excluding carboxylic acids is 1. The summed E-state index contributed by atoms with van der Waals surface area (Å²) < 4.78 is 5.52. The number of nitrogens with one attached hydrogen (secondary N) is 1. The summed E-state index contributed by atoms with van der Waals surface area (Å²) in [6.45, 7) is 2.89. The number of rotatable bonds is 7. The lowest BCUT2D eigenvalue weighted by Gasteiger charge is -2.37. The SMILES string of the molecule is COc1ccccc1CN1CCC[C@@H]([C@@H](NC(=O)C2CC2)c2ccccn2)C1. The molecule has 0 unspecified atom stereocenters. The topological polar surface area (TPSA) is 54.5 Å². The molecule has 1 saturated carbocycles. The van der Waals surface area contributed by atoms with E-state index in [1.807, 2.05) is 36.5 Å². The van der Waals surface area contributed by atoms with Crippen LogP contribution in [-0.2, 0) is 11.3 Å². The highest BCUT2D eigenvalue weighted by Gasteiger charge is 2.35. The zero-order chi connectivity index (χ0) is 19.3. The maximum absolute atomic E-state index is 12.5. The van der Waals surface area contributed by atoms with Crippen LogP contribution in [0.3, 0.4) is 0 Å². The Kier molecular flexibility index (Phi) is 5.91. The summed E-state index contributed by atoms with van der Waals surface area (Å²) in [5, 5.41) is 3.32. The molecule has 5 nitrogen and oxygen atoms in total. The number of hydrogen-bond acceptors (Lipinski definition) is 4. The Hall–Kier alpha value is -2.40. The highest BCUT2D eigenvalue weighted by Crippen LogP contribution is 2.34. The number of benzene rings is 1. The Bertz CT molecular complexity index is 791. The second-order valence-corrected chi connectivity index (χ2v) is 7.96. The second-order valence-electron chi connectivity index (χ2n) is 7.96. The minimum absolute atomic E-state index is 0.0187. The number of ether oxygens (including phenoxy) is 1. The first-order valence-corrected chi connectivity index (χ1v) is 10.3. The smallest absolute Gasteiger partial charge is 0.223 e. The second kappa shape index (κ2) is 8.74. The monoisotopic (exact) mass is 379 g/mol. The number of methoxy groups -OCH3 is 1. The van der Waals surface area contributed by atoms with E-state index in [0.717, 1.165) is 56.8 Å². The first-order chi connectivity index (χ1) is 13.7. The maximum Gasteiger partial charge on any atom is 0.223 e. The molecule has 1 aliphatic carbocycles. The van der Waals surface area contributed by atoms with Gasteiger partial charge in [0, 0.05) is 30.8 Å². The number of hydrogen-bond donors (Lipinski definition) is 1. The van der Waals surface area contributed by atoms with E-state index in [4.69, 9.17) is 4.74 Å². The summed E-state index contributed by atoms with van der Waals surface area (Å²) in [5.74, 6) is 1.70. The van der Waals surface area contributed by atoms with Crippen LogP contribution in [0.1, 0.15) is 43.0 Å². The van der Waals surface area contributed by atoms with E-state index in [0.29, 0.717) is 5.92 Å². The summed E-state index contributed by atoms with van der Waals surface area (Å²) in [4.78, 5) is 19.6. The molecule has 148 valence electrons. The molecule has 1 aromatic carbocycles. The third-order valence-corrected chi connectivity index (χ3v) is 5.85. The van der Waals surface area contributed by atoms with Gasteiger partial charge in [-0.15, -0.1) is 0 Å². The van der Waals surface area contributed by atoms with Gasteiger partial charge in [0.05, 0.1) is 18.8 Å². The fraction of sp³-hybridized carbons (Fsp3) is 0.478. The van der Waals surface area contributed by atoms with Gasteiger partial charge in [-0.3, -0.25) is 14.7 Å². The summed E-state index contributed by atoms with van der Waals surface area (Å²) in [5.41, 5.74) is 2.18. The van der Waals surface area contributed by atoms with Gasteiger partial charge in [0.1, 0.15) is 5.75 Å². The lowest BCUT2D eigenvalue weighted by molar-refractivity contribution is -0.123. The third-order valence-electron chi connectivity index (χ3n) is 5.85. The molecule has 5 heteroatoms. The zero-order valence-electron chi connectivity index (χ0n) is 16.5. The van der Waals surface area contributed by atoms with Gasteiger partial charge >= 0.3 is 0 Å². The summed E-state index contributed by atoms with van der Waals surface area (Å²) >= 11 is 0. The van der Waals surface area contributed by atoms with Crippen molar-refractivity contribution in [3.05, 3.63) is 59.9 Å². The van der Waals surface area contributed by atoms with Crippen LogP contribution in [0.2, 0.25) is 0 Å². The minimum atomic E-state index is -0.0187. The number of piperidine rings is 1. The molecule has 2 aliphatic rings. The van der Waals surface area contributed by atoms with Gasteiger partial charge in [0.25, 0.3) is 0 Å². The van der Waals surface area contributed by atoms with Crippen LogP contribution >= 0.6 is 0 Å². The van der Waals surface area contributed by atoms with Gasteiger partial charge in [0.2, 0.25) is 5.91 Å². The van der Waals surface area contributed by atoms with Crippen molar-refractivity contribution in [2.45, 2.75) is 38.3 Å². The molecule has 0 bridgehead atoms. The van der Waals surface area contributed by atoms with Crippen molar-refractivity contribution < 1.29 is 9.53 Å². The number of pyridine rings is 1. The van der Waals surface area contributed by atoms with Crippen molar-refractivity contribution in [3.63, 3.8) is 0 Å². The number of carbonyl (C=O) groups is 1. The number of nitrogens with zero attached hydrogens (tertiary/aromatic N) is 2. The van der Waals surface area contributed by atoms with Crippen LogP contribution in [0.15, 0.2) is 48.7 Å². The van der Waals surface area contributed by atoms with E-state index in [2.05, 4.69) is 27.3 Å². The molecule has 0 radical (unpaired) electrons. The highest BCUT2D eigenvalue weighted by atomic mass is 16.5. The molecule has 1 N–H and O–H groups in total.